The third-order valence-electron chi connectivity index (χ3n) is 5.71. The van der Waals surface area contributed by atoms with Crippen molar-refractivity contribution in [3.05, 3.63) is 51.1 Å². The number of halogens is 1. The largest absolute Gasteiger partial charge is 0.444 e. The van der Waals surface area contributed by atoms with Gasteiger partial charge in [0.05, 0.1) is 31.4 Å². The van der Waals surface area contributed by atoms with E-state index in [1.807, 2.05) is 6.07 Å². The van der Waals surface area contributed by atoms with Gasteiger partial charge in [-0.15, -0.1) is 6.58 Å². The summed E-state index contributed by atoms with van der Waals surface area (Å²) in [6, 6.07) is 2.85. The molecule has 0 radical (unpaired) electrons. The molecule has 0 aromatic carbocycles. The number of azide groups is 1. The fraction of sp³-hybridized carbons (Fsp3) is 0.591. The number of likely N-dealkylation sites (tertiary alicyclic amines) is 1. The summed E-state index contributed by atoms with van der Waals surface area (Å²) in [6.07, 6.45) is 2.35. The predicted molar refractivity (Wildman–Crippen MR) is 122 cm³/mol. The Hall–Kier alpha value is -2.42. The summed E-state index contributed by atoms with van der Waals surface area (Å²) >= 11 is 3.36. The average Bonchev–Trinajstić information content (AvgIpc) is 3.30. The minimum absolute atomic E-state index is 0.0561. The molecule has 1 aliphatic heterocycles. The van der Waals surface area contributed by atoms with Crippen molar-refractivity contribution in [2.24, 2.45) is 10.5 Å². The zero-order chi connectivity index (χ0) is 23.5. The van der Waals surface area contributed by atoms with E-state index < -0.39 is 17.7 Å². The normalized spacial score (nSPS) is 23.8. The van der Waals surface area contributed by atoms with Crippen molar-refractivity contribution in [2.45, 2.75) is 64.3 Å². The number of ether oxygens (including phenoxy) is 2. The van der Waals surface area contributed by atoms with Crippen LogP contribution < -0.4 is 0 Å². The van der Waals surface area contributed by atoms with E-state index in [1.165, 1.54) is 0 Å². The standard InChI is InChI=1S/C22H28BrN5O4/c1-5-8-31-12-14-6-7-19(23)26-15(14)9-17(29)16-10-22(13-25-27-24)11-18(22)28(16)20(30)32-21(2,3)4/h5-7,16,18H,1,8-13H2,2-4H3/t16-,18+,22-/m0/s1. The minimum atomic E-state index is -0.683. The molecule has 3 atom stereocenters. The summed E-state index contributed by atoms with van der Waals surface area (Å²) in [7, 11) is 0. The molecule has 0 spiro atoms. The topological polar surface area (TPSA) is 117 Å². The Morgan fingerprint density at radius 2 is 2.19 bits per heavy atom. The molecule has 1 aromatic rings. The van der Waals surface area contributed by atoms with Crippen LogP contribution in [0, 0.1) is 5.41 Å². The number of hydrogen-bond donors (Lipinski definition) is 0. The molecule has 3 rings (SSSR count). The van der Waals surface area contributed by atoms with Crippen molar-refractivity contribution in [3.8, 4) is 0 Å². The van der Waals surface area contributed by atoms with Gasteiger partial charge in [0.25, 0.3) is 0 Å². The highest BCUT2D eigenvalue weighted by Crippen LogP contribution is 2.60. The highest BCUT2D eigenvalue weighted by Gasteiger charge is 2.67. The van der Waals surface area contributed by atoms with Crippen LogP contribution in [0.5, 0.6) is 0 Å². The highest BCUT2D eigenvalue weighted by atomic mass is 79.9. The number of carbonyl (C=O) groups is 2. The number of rotatable bonds is 9. The van der Waals surface area contributed by atoms with Crippen molar-refractivity contribution < 1.29 is 19.1 Å². The second-order valence-corrected chi connectivity index (χ2v) is 10.1. The molecule has 172 valence electrons. The number of aromatic nitrogens is 1. The maximum Gasteiger partial charge on any atom is 0.411 e. The van der Waals surface area contributed by atoms with Crippen LogP contribution in [0.1, 0.15) is 44.9 Å². The molecule has 1 amide bonds. The van der Waals surface area contributed by atoms with Gasteiger partial charge in [-0.05, 0) is 66.7 Å². The van der Waals surface area contributed by atoms with Gasteiger partial charge in [0.2, 0.25) is 0 Å². The summed E-state index contributed by atoms with van der Waals surface area (Å²) in [4.78, 5) is 35.3. The minimum Gasteiger partial charge on any atom is -0.444 e. The second-order valence-electron chi connectivity index (χ2n) is 9.27. The van der Waals surface area contributed by atoms with Gasteiger partial charge < -0.3 is 9.47 Å². The van der Waals surface area contributed by atoms with Crippen LogP contribution in [-0.4, -0.2) is 52.6 Å². The van der Waals surface area contributed by atoms with Crippen LogP contribution in [-0.2, 0) is 27.3 Å². The molecule has 10 heteroatoms. The van der Waals surface area contributed by atoms with Crippen molar-refractivity contribution in [3.63, 3.8) is 0 Å². The van der Waals surface area contributed by atoms with Crippen LogP contribution in [0.25, 0.3) is 10.4 Å². The number of nitrogens with zero attached hydrogens (tertiary/aromatic N) is 5. The van der Waals surface area contributed by atoms with Gasteiger partial charge in [0.15, 0.2) is 5.78 Å². The van der Waals surface area contributed by atoms with Gasteiger partial charge in [0, 0.05) is 22.9 Å². The number of piperidine rings is 1. The summed E-state index contributed by atoms with van der Waals surface area (Å²) in [6.45, 7) is 9.96. The third kappa shape index (κ3) is 5.49. The molecule has 0 N–H and O–H groups in total. The van der Waals surface area contributed by atoms with E-state index in [0.717, 1.165) is 5.56 Å². The first-order chi connectivity index (χ1) is 15.1. The van der Waals surface area contributed by atoms with E-state index in [1.54, 1.807) is 37.8 Å². The Bertz CT molecular complexity index is 956. The van der Waals surface area contributed by atoms with E-state index in [0.29, 0.717) is 36.4 Å². The summed E-state index contributed by atoms with van der Waals surface area (Å²) in [5, 5.41) is 3.73. The van der Waals surface area contributed by atoms with E-state index in [-0.39, 0.29) is 30.2 Å². The quantitative estimate of drug-likeness (QED) is 0.120. The van der Waals surface area contributed by atoms with Crippen molar-refractivity contribution in [1.29, 1.82) is 0 Å². The van der Waals surface area contributed by atoms with Crippen molar-refractivity contribution in [2.75, 3.05) is 13.2 Å². The monoisotopic (exact) mass is 505 g/mol. The van der Waals surface area contributed by atoms with Crippen molar-refractivity contribution >= 4 is 27.8 Å². The zero-order valence-corrected chi connectivity index (χ0v) is 20.2. The average molecular weight is 506 g/mol. The Balaban J connectivity index is 1.82. The van der Waals surface area contributed by atoms with Crippen LogP contribution in [0.4, 0.5) is 4.79 Å². The molecule has 2 fully saturated rings. The van der Waals surface area contributed by atoms with Gasteiger partial charge in [0.1, 0.15) is 10.2 Å². The number of ketones is 1. The van der Waals surface area contributed by atoms with Gasteiger partial charge in [-0.1, -0.05) is 17.3 Å². The molecule has 1 aliphatic carbocycles. The molecular weight excluding hydrogens is 478 g/mol. The predicted octanol–water partition coefficient (Wildman–Crippen LogP) is 4.74. The number of hydrogen-bond acceptors (Lipinski definition) is 6. The van der Waals surface area contributed by atoms with Crippen LogP contribution in [0.15, 0.2) is 34.5 Å². The molecule has 0 unspecified atom stereocenters. The number of amides is 1. The molecule has 2 aliphatic rings. The Morgan fingerprint density at radius 3 is 2.84 bits per heavy atom. The molecule has 1 aromatic heterocycles. The van der Waals surface area contributed by atoms with E-state index in [4.69, 9.17) is 15.0 Å². The molecule has 1 saturated carbocycles. The number of pyridine rings is 1. The molecule has 1 saturated heterocycles. The van der Waals surface area contributed by atoms with Crippen molar-refractivity contribution in [1.82, 2.24) is 9.88 Å². The lowest BCUT2D eigenvalue weighted by Crippen LogP contribution is -2.46. The number of carbonyl (C=O) groups excluding carboxylic acids is 2. The highest BCUT2D eigenvalue weighted by molar-refractivity contribution is 9.10. The SMILES string of the molecule is C=CCOCc1ccc(Br)nc1CC(=O)[C@@H]1C[C@@]2(CN=[N+]=[N-])C[C@H]2N1C(=O)OC(C)(C)C. The first-order valence-electron chi connectivity index (χ1n) is 10.5. The summed E-state index contributed by atoms with van der Waals surface area (Å²) in [5.41, 5.74) is 9.12. The maximum atomic E-state index is 13.4. The maximum absolute atomic E-state index is 13.4. The lowest BCUT2D eigenvalue weighted by Gasteiger charge is -2.30. The summed E-state index contributed by atoms with van der Waals surface area (Å²) in [5.74, 6) is -0.126. The van der Waals surface area contributed by atoms with Crippen LogP contribution >= 0.6 is 15.9 Å². The fourth-order valence-corrected chi connectivity index (χ4v) is 4.55. The molecular formula is C22H28BrN5O4. The Morgan fingerprint density at radius 1 is 1.44 bits per heavy atom. The molecule has 9 nitrogen and oxygen atoms in total. The van der Waals surface area contributed by atoms with Crippen LogP contribution in [0.2, 0.25) is 0 Å². The van der Waals surface area contributed by atoms with E-state index in [9.17, 15) is 9.59 Å². The zero-order valence-electron chi connectivity index (χ0n) is 18.6. The van der Waals surface area contributed by atoms with Gasteiger partial charge in [-0.25, -0.2) is 9.78 Å². The van der Waals surface area contributed by atoms with E-state index in [2.05, 4.69) is 37.5 Å². The van der Waals surface area contributed by atoms with Gasteiger partial charge >= 0.3 is 6.09 Å². The fourth-order valence-electron chi connectivity index (χ4n) is 4.21. The Labute approximate surface area is 195 Å². The lowest BCUT2D eigenvalue weighted by atomic mass is 9.95. The molecule has 2 heterocycles. The molecule has 32 heavy (non-hydrogen) atoms. The number of fused-ring (bicyclic) bond motifs is 1. The van der Waals surface area contributed by atoms with Crippen LogP contribution in [0.3, 0.4) is 0 Å². The van der Waals surface area contributed by atoms with Gasteiger partial charge in [-0.3, -0.25) is 9.69 Å². The number of Topliss-reactive ketones (excluding diaryl/α,β-unsaturated/α-hetero) is 1. The molecule has 0 bridgehead atoms. The third-order valence-corrected chi connectivity index (χ3v) is 6.15. The summed E-state index contributed by atoms with van der Waals surface area (Å²) < 4.78 is 11.7. The van der Waals surface area contributed by atoms with E-state index >= 15 is 0 Å². The lowest BCUT2D eigenvalue weighted by molar-refractivity contribution is -0.123. The first kappa shape index (κ1) is 24.2. The smallest absolute Gasteiger partial charge is 0.411 e. The second kappa shape index (κ2) is 9.60. The first-order valence-corrected chi connectivity index (χ1v) is 11.3. The van der Waals surface area contributed by atoms with Gasteiger partial charge in [-0.2, -0.15) is 0 Å². The Kier molecular flexibility index (Phi) is 7.27.